The Kier molecular flexibility index (Phi) is 3.10. The lowest BCUT2D eigenvalue weighted by Crippen LogP contribution is -2.33. The van der Waals surface area contributed by atoms with E-state index in [1.807, 2.05) is 0 Å². The highest BCUT2D eigenvalue weighted by Crippen LogP contribution is 2.32. The summed E-state index contributed by atoms with van der Waals surface area (Å²) in [5.41, 5.74) is 0.810. The maximum atomic E-state index is 11.1. The zero-order chi connectivity index (χ0) is 13.3. The van der Waals surface area contributed by atoms with Crippen molar-refractivity contribution in [3.8, 4) is 5.75 Å². The summed E-state index contributed by atoms with van der Waals surface area (Å²) >= 11 is 0. The number of hydrogen-bond donors (Lipinski definition) is 2. The molecule has 1 atom stereocenters. The van der Waals surface area contributed by atoms with E-state index in [4.69, 9.17) is 14.9 Å². The Morgan fingerprint density at radius 1 is 1.39 bits per heavy atom. The van der Waals surface area contributed by atoms with Crippen molar-refractivity contribution in [2.75, 3.05) is 13.2 Å². The molecule has 1 aliphatic heterocycles. The molecular formula is C12H13NO5. The van der Waals surface area contributed by atoms with Gasteiger partial charge in [-0.05, 0) is 19.1 Å². The maximum Gasteiger partial charge on any atom is 0.407 e. The van der Waals surface area contributed by atoms with E-state index in [2.05, 4.69) is 0 Å². The first-order chi connectivity index (χ1) is 8.50. The predicted molar refractivity (Wildman–Crippen MR) is 62.0 cm³/mol. The van der Waals surface area contributed by atoms with Crippen LogP contribution in [0.5, 0.6) is 5.75 Å². The monoisotopic (exact) mass is 251 g/mol. The minimum absolute atomic E-state index is 0.129. The lowest BCUT2D eigenvalue weighted by atomic mass is 10.0. The van der Waals surface area contributed by atoms with Crippen LogP contribution in [-0.4, -0.2) is 40.3 Å². The van der Waals surface area contributed by atoms with Gasteiger partial charge in [-0.3, -0.25) is 4.90 Å². The van der Waals surface area contributed by atoms with Crippen LogP contribution in [0.1, 0.15) is 28.9 Å². The highest BCUT2D eigenvalue weighted by atomic mass is 16.5. The van der Waals surface area contributed by atoms with E-state index >= 15 is 0 Å². The Hall–Kier alpha value is -2.24. The van der Waals surface area contributed by atoms with Gasteiger partial charge in [0.2, 0.25) is 0 Å². The third-order valence-electron chi connectivity index (χ3n) is 3.01. The van der Waals surface area contributed by atoms with Gasteiger partial charge in [0.1, 0.15) is 12.4 Å². The van der Waals surface area contributed by atoms with E-state index < -0.39 is 12.1 Å². The first-order valence-electron chi connectivity index (χ1n) is 5.50. The Bertz CT molecular complexity index is 499. The third kappa shape index (κ3) is 2.09. The third-order valence-corrected chi connectivity index (χ3v) is 3.01. The molecule has 6 heteroatoms. The van der Waals surface area contributed by atoms with Gasteiger partial charge < -0.3 is 14.9 Å². The summed E-state index contributed by atoms with van der Waals surface area (Å²) in [6.45, 7) is 2.22. The number of aromatic carboxylic acids is 1. The molecule has 0 aliphatic carbocycles. The van der Waals surface area contributed by atoms with Gasteiger partial charge in [0.25, 0.3) is 0 Å². The lowest BCUT2D eigenvalue weighted by molar-refractivity contribution is 0.0696. The fraction of sp³-hybridized carbons (Fsp3) is 0.333. The van der Waals surface area contributed by atoms with Crippen LogP contribution < -0.4 is 4.74 Å². The molecule has 1 amide bonds. The van der Waals surface area contributed by atoms with Crippen molar-refractivity contribution in [1.82, 2.24) is 4.90 Å². The quantitative estimate of drug-likeness (QED) is 0.794. The fourth-order valence-electron chi connectivity index (χ4n) is 2.01. The van der Waals surface area contributed by atoms with E-state index in [0.29, 0.717) is 11.3 Å². The number of hydrogen-bond acceptors (Lipinski definition) is 3. The Morgan fingerprint density at radius 3 is 2.72 bits per heavy atom. The second-order valence-corrected chi connectivity index (χ2v) is 4.06. The number of ether oxygens (including phenoxy) is 1. The minimum atomic E-state index is -1.03. The largest absolute Gasteiger partial charge is 0.491 e. The Balaban J connectivity index is 2.42. The average molecular weight is 251 g/mol. The van der Waals surface area contributed by atoms with Crippen LogP contribution in [0.2, 0.25) is 0 Å². The minimum Gasteiger partial charge on any atom is -0.491 e. The topological polar surface area (TPSA) is 87.1 Å². The van der Waals surface area contributed by atoms with Crippen molar-refractivity contribution in [2.45, 2.75) is 13.0 Å². The summed E-state index contributed by atoms with van der Waals surface area (Å²) in [5.74, 6) is -0.598. The molecule has 18 heavy (non-hydrogen) atoms. The van der Waals surface area contributed by atoms with Gasteiger partial charge in [0, 0.05) is 5.56 Å². The predicted octanol–water partition coefficient (Wildman–Crippen LogP) is 1.82. The molecule has 2 rings (SSSR count). The van der Waals surface area contributed by atoms with Crippen molar-refractivity contribution < 1.29 is 24.5 Å². The normalized spacial score (nSPS) is 18.5. The highest BCUT2D eigenvalue weighted by Gasteiger charge is 2.26. The lowest BCUT2D eigenvalue weighted by Gasteiger charge is -2.23. The molecule has 1 unspecified atom stereocenters. The second-order valence-electron chi connectivity index (χ2n) is 4.06. The summed E-state index contributed by atoms with van der Waals surface area (Å²) in [4.78, 5) is 23.2. The van der Waals surface area contributed by atoms with Crippen LogP contribution in [0.4, 0.5) is 4.79 Å². The number of amides is 1. The Morgan fingerprint density at radius 2 is 2.11 bits per heavy atom. The molecule has 0 bridgehead atoms. The van der Waals surface area contributed by atoms with Crippen molar-refractivity contribution in [1.29, 1.82) is 0 Å². The van der Waals surface area contributed by atoms with Crippen LogP contribution >= 0.6 is 0 Å². The molecule has 6 nitrogen and oxygen atoms in total. The zero-order valence-corrected chi connectivity index (χ0v) is 9.79. The summed E-state index contributed by atoms with van der Waals surface area (Å²) < 4.78 is 5.42. The van der Waals surface area contributed by atoms with E-state index in [-0.39, 0.29) is 24.8 Å². The van der Waals surface area contributed by atoms with Gasteiger partial charge in [-0.15, -0.1) is 0 Å². The molecule has 2 N–H and O–H groups in total. The van der Waals surface area contributed by atoms with Gasteiger partial charge in [0.05, 0.1) is 18.2 Å². The molecular weight excluding hydrogens is 238 g/mol. The molecule has 96 valence electrons. The van der Waals surface area contributed by atoms with Crippen LogP contribution in [0, 0.1) is 0 Å². The van der Waals surface area contributed by atoms with Crippen LogP contribution in [0.15, 0.2) is 18.2 Å². The molecule has 0 aromatic heterocycles. The first-order valence-corrected chi connectivity index (χ1v) is 5.50. The van der Waals surface area contributed by atoms with Gasteiger partial charge >= 0.3 is 12.1 Å². The van der Waals surface area contributed by atoms with Crippen LogP contribution in [0.25, 0.3) is 0 Å². The molecule has 1 aromatic rings. The summed E-state index contributed by atoms with van der Waals surface area (Å²) in [6, 6.07) is 4.12. The van der Waals surface area contributed by atoms with Gasteiger partial charge in [-0.25, -0.2) is 9.59 Å². The number of rotatable bonds is 1. The summed E-state index contributed by atoms with van der Waals surface area (Å²) in [5, 5.41) is 18.0. The number of carboxylic acid groups (broad SMARTS) is 2. The standard InChI is InChI=1S/C12H13NO5/c1-7-9-3-2-8(11(14)15)6-10(9)18-5-4-13(7)12(16)17/h2-3,6-7H,4-5H2,1H3,(H,14,15)(H,16,17). The van der Waals surface area contributed by atoms with E-state index in [1.54, 1.807) is 13.0 Å². The number of nitrogens with zero attached hydrogens (tertiary/aromatic N) is 1. The average Bonchev–Trinajstić information content (AvgIpc) is 2.48. The Labute approximate surface area is 103 Å². The van der Waals surface area contributed by atoms with Gasteiger partial charge in [0.15, 0.2) is 0 Å². The van der Waals surface area contributed by atoms with E-state index in [0.717, 1.165) is 0 Å². The van der Waals surface area contributed by atoms with Gasteiger partial charge in [-0.2, -0.15) is 0 Å². The van der Waals surface area contributed by atoms with Crippen molar-refractivity contribution in [3.63, 3.8) is 0 Å². The molecule has 1 heterocycles. The highest BCUT2D eigenvalue weighted by molar-refractivity contribution is 5.88. The maximum absolute atomic E-state index is 11.1. The number of carbonyl (C=O) groups is 2. The molecule has 1 aromatic carbocycles. The zero-order valence-electron chi connectivity index (χ0n) is 9.79. The summed E-state index contributed by atoms with van der Waals surface area (Å²) in [7, 11) is 0. The van der Waals surface area contributed by atoms with Crippen LogP contribution in [-0.2, 0) is 0 Å². The van der Waals surface area contributed by atoms with E-state index in [9.17, 15) is 9.59 Å². The van der Waals surface area contributed by atoms with Gasteiger partial charge in [-0.1, -0.05) is 6.07 Å². The number of fused-ring (bicyclic) bond motifs is 1. The van der Waals surface area contributed by atoms with Crippen LogP contribution in [0.3, 0.4) is 0 Å². The number of carboxylic acids is 1. The van der Waals surface area contributed by atoms with Crippen molar-refractivity contribution in [2.24, 2.45) is 0 Å². The molecule has 0 saturated carbocycles. The molecule has 0 saturated heterocycles. The molecule has 0 fully saturated rings. The van der Waals surface area contributed by atoms with Crippen molar-refractivity contribution in [3.05, 3.63) is 29.3 Å². The summed E-state index contributed by atoms with van der Waals surface area (Å²) in [6.07, 6.45) is -1.01. The molecule has 0 radical (unpaired) electrons. The second kappa shape index (κ2) is 4.56. The first kappa shape index (κ1) is 12.2. The SMILES string of the molecule is CC1c2ccc(C(=O)O)cc2OCCN1C(=O)O. The molecule has 0 spiro atoms. The number of benzene rings is 1. The fourth-order valence-corrected chi connectivity index (χ4v) is 2.01. The van der Waals surface area contributed by atoms with Crippen molar-refractivity contribution >= 4 is 12.1 Å². The van der Waals surface area contributed by atoms with E-state index in [1.165, 1.54) is 17.0 Å². The molecule has 1 aliphatic rings. The smallest absolute Gasteiger partial charge is 0.407 e.